The summed E-state index contributed by atoms with van der Waals surface area (Å²) in [6, 6.07) is 2.17. The lowest BCUT2D eigenvalue weighted by atomic mass is 9.81. The molecular weight excluding hydrogens is 332 g/mol. The van der Waals surface area contributed by atoms with Crippen LogP contribution in [-0.4, -0.2) is 51.4 Å². The molecule has 3 fully saturated rings. The lowest BCUT2D eigenvalue weighted by Crippen LogP contribution is -2.43. The minimum atomic E-state index is -3.11. The molecule has 23 heavy (non-hydrogen) atoms. The van der Waals surface area contributed by atoms with Gasteiger partial charge in [0.1, 0.15) is 0 Å². The monoisotopic (exact) mass is 356 g/mol. The first-order valence-corrected chi connectivity index (χ1v) is 10.7. The maximum absolute atomic E-state index is 12.2. The van der Waals surface area contributed by atoms with Gasteiger partial charge in [-0.1, -0.05) is 0 Å². The standard InChI is InChI=1S/C16H24N2O3S2/c1-12-4-5-22-15(12)7-18-6-13-8-21-11-16(13,10-18)9-17-23(19,20)14-2-3-14/h4-5,13-14,17H,2-3,6-11H2,1H3/t13-,16+/m0/s1. The molecule has 7 heteroatoms. The average molecular weight is 357 g/mol. The molecule has 3 heterocycles. The number of sulfonamides is 1. The van der Waals surface area contributed by atoms with E-state index in [1.165, 1.54) is 10.4 Å². The van der Waals surface area contributed by atoms with E-state index < -0.39 is 10.0 Å². The zero-order valence-electron chi connectivity index (χ0n) is 13.5. The molecule has 0 aromatic carbocycles. The lowest BCUT2D eigenvalue weighted by molar-refractivity contribution is 0.128. The first kappa shape index (κ1) is 16.0. The maximum Gasteiger partial charge on any atom is 0.214 e. The van der Waals surface area contributed by atoms with Crippen molar-refractivity contribution in [3.05, 3.63) is 21.9 Å². The minimum Gasteiger partial charge on any atom is -0.380 e. The van der Waals surface area contributed by atoms with Crippen LogP contribution in [0.4, 0.5) is 0 Å². The van der Waals surface area contributed by atoms with Gasteiger partial charge >= 0.3 is 0 Å². The van der Waals surface area contributed by atoms with Crippen LogP contribution >= 0.6 is 11.3 Å². The minimum absolute atomic E-state index is 0.0485. The predicted molar refractivity (Wildman–Crippen MR) is 91.0 cm³/mol. The van der Waals surface area contributed by atoms with Crippen molar-refractivity contribution in [2.45, 2.75) is 31.6 Å². The molecule has 4 rings (SSSR count). The van der Waals surface area contributed by atoms with Gasteiger partial charge in [0.2, 0.25) is 10.0 Å². The van der Waals surface area contributed by atoms with E-state index in [4.69, 9.17) is 4.74 Å². The molecule has 128 valence electrons. The Bertz CT molecular complexity index is 683. The van der Waals surface area contributed by atoms with Crippen molar-refractivity contribution >= 4 is 21.4 Å². The van der Waals surface area contributed by atoms with Crippen LogP contribution in [0.15, 0.2) is 11.4 Å². The van der Waals surface area contributed by atoms with E-state index in [-0.39, 0.29) is 10.7 Å². The number of aryl methyl sites for hydroxylation is 1. The number of hydrogen-bond acceptors (Lipinski definition) is 5. The van der Waals surface area contributed by atoms with Crippen LogP contribution in [-0.2, 0) is 21.3 Å². The second-order valence-corrected chi connectivity index (χ2v) is 10.4. The number of thiophene rings is 1. The Morgan fingerprint density at radius 1 is 1.48 bits per heavy atom. The molecule has 0 bridgehead atoms. The van der Waals surface area contributed by atoms with Gasteiger partial charge in [0.15, 0.2) is 0 Å². The van der Waals surface area contributed by atoms with Crippen molar-refractivity contribution in [3.8, 4) is 0 Å². The van der Waals surface area contributed by atoms with E-state index in [9.17, 15) is 8.42 Å². The number of ether oxygens (including phenoxy) is 1. The fourth-order valence-corrected chi connectivity index (χ4v) is 6.25. The highest BCUT2D eigenvalue weighted by Crippen LogP contribution is 2.42. The van der Waals surface area contributed by atoms with E-state index in [1.54, 1.807) is 0 Å². The van der Waals surface area contributed by atoms with Crippen LogP contribution in [0.1, 0.15) is 23.3 Å². The lowest BCUT2D eigenvalue weighted by Gasteiger charge is -2.27. The van der Waals surface area contributed by atoms with Gasteiger partial charge in [-0.25, -0.2) is 13.1 Å². The van der Waals surface area contributed by atoms with E-state index in [0.29, 0.717) is 19.1 Å². The van der Waals surface area contributed by atoms with Gasteiger partial charge in [-0.15, -0.1) is 11.3 Å². The summed E-state index contributed by atoms with van der Waals surface area (Å²) in [5.74, 6) is 0.435. The van der Waals surface area contributed by atoms with Crippen molar-refractivity contribution < 1.29 is 13.2 Å². The van der Waals surface area contributed by atoms with Crippen LogP contribution in [0.2, 0.25) is 0 Å². The fraction of sp³-hybridized carbons (Fsp3) is 0.750. The van der Waals surface area contributed by atoms with E-state index in [1.807, 2.05) is 11.3 Å². The average Bonchev–Trinajstić information content (AvgIpc) is 3.08. The number of hydrogen-bond donors (Lipinski definition) is 1. The number of likely N-dealkylation sites (tertiary alicyclic amines) is 1. The summed E-state index contributed by atoms with van der Waals surface area (Å²) < 4.78 is 32.9. The summed E-state index contributed by atoms with van der Waals surface area (Å²) in [6.45, 7) is 7.00. The first-order valence-electron chi connectivity index (χ1n) is 8.30. The summed E-state index contributed by atoms with van der Waals surface area (Å²) in [5, 5.41) is 2.00. The summed E-state index contributed by atoms with van der Waals surface area (Å²) in [5.41, 5.74) is 1.31. The Morgan fingerprint density at radius 3 is 3.00 bits per heavy atom. The third-order valence-electron chi connectivity index (χ3n) is 5.52. The Kier molecular flexibility index (Phi) is 4.05. The van der Waals surface area contributed by atoms with E-state index in [2.05, 4.69) is 28.0 Å². The highest BCUT2D eigenvalue weighted by molar-refractivity contribution is 7.90. The highest BCUT2D eigenvalue weighted by Gasteiger charge is 2.51. The molecule has 5 nitrogen and oxygen atoms in total. The zero-order chi connectivity index (χ0) is 16.1. The molecule has 2 atom stereocenters. The van der Waals surface area contributed by atoms with Gasteiger partial charge in [-0.05, 0) is 36.8 Å². The predicted octanol–water partition coefficient (Wildman–Crippen LogP) is 1.59. The molecule has 0 unspecified atom stereocenters. The Morgan fingerprint density at radius 2 is 2.30 bits per heavy atom. The van der Waals surface area contributed by atoms with Crippen LogP contribution in [0.5, 0.6) is 0 Å². The summed E-state index contributed by atoms with van der Waals surface area (Å²) >= 11 is 1.81. The van der Waals surface area contributed by atoms with Crippen molar-refractivity contribution in [2.75, 3.05) is 32.8 Å². The second-order valence-electron chi connectivity index (χ2n) is 7.34. The largest absolute Gasteiger partial charge is 0.380 e. The molecular formula is C16H24N2O3S2. The van der Waals surface area contributed by atoms with Crippen LogP contribution in [0.25, 0.3) is 0 Å². The first-order chi connectivity index (χ1) is 11.0. The van der Waals surface area contributed by atoms with E-state index in [0.717, 1.165) is 39.1 Å². The molecule has 1 N–H and O–H groups in total. The second kappa shape index (κ2) is 5.81. The van der Waals surface area contributed by atoms with Gasteiger partial charge < -0.3 is 4.74 Å². The van der Waals surface area contributed by atoms with Crippen LogP contribution < -0.4 is 4.72 Å². The van der Waals surface area contributed by atoms with Crippen LogP contribution in [0, 0.1) is 18.3 Å². The molecule has 0 radical (unpaired) electrons. The Labute approximate surface area is 142 Å². The fourth-order valence-electron chi connectivity index (χ4n) is 3.82. The van der Waals surface area contributed by atoms with Gasteiger partial charge in [0.25, 0.3) is 0 Å². The number of fused-ring (bicyclic) bond motifs is 1. The maximum atomic E-state index is 12.2. The molecule has 1 saturated carbocycles. The molecule has 0 spiro atoms. The third kappa shape index (κ3) is 3.09. The molecule has 3 aliphatic rings. The van der Waals surface area contributed by atoms with Gasteiger partial charge in [0.05, 0.1) is 18.5 Å². The Hall–Kier alpha value is -0.470. The summed E-state index contributed by atoms with van der Waals surface area (Å²) in [6.07, 6.45) is 1.62. The number of nitrogens with one attached hydrogen (secondary N) is 1. The smallest absolute Gasteiger partial charge is 0.214 e. The van der Waals surface area contributed by atoms with Crippen LogP contribution in [0.3, 0.4) is 0 Å². The van der Waals surface area contributed by atoms with Crippen molar-refractivity contribution in [1.82, 2.24) is 9.62 Å². The third-order valence-corrected chi connectivity index (χ3v) is 8.42. The molecule has 0 amide bonds. The van der Waals surface area contributed by atoms with Gasteiger partial charge in [-0.2, -0.15) is 0 Å². The number of rotatable bonds is 6. The molecule has 1 aliphatic carbocycles. The zero-order valence-corrected chi connectivity index (χ0v) is 15.1. The van der Waals surface area contributed by atoms with Crippen molar-refractivity contribution in [1.29, 1.82) is 0 Å². The quantitative estimate of drug-likeness (QED) is 0.841. The van der Waals surface area contributed by atoms with Gasteiger partial charge in [-0.3, -0.25) is 4.90 Å². The molecule has 2 aliphatic heterocycles. The normalized spacial score (nSPS) is 31.6. The molecule has 1 aromatic rings. The summed E-state index contributed by atoms with van der Waals surface area (Å²) in [4.78, 5) is 3.89. The molecule has 1 aromatic heterocycles. The van der Waals surface area contributed by atoms with Crippen molar-refractivity contribution in [3.63, 3.8) is 0 Å². The SMILES string of the molecule is Cc1ccsc1CN1C[C@H]2COC[C@@]2(CNS(=O)(=O)C2CC2)C1. The summed E-state index contributed by atoms with van der Waals surface area (Å²) in [7, 11) is -3.11. The number of nitrogens with zero attached hydrogens (tertiary/aromatic N) is 1. The van der Waals surface area contributed by atoms with Gasteiger partial charge in [0, 0.05) is 42.4 Å². The van der Waals surface area contributed by atoms with E-state index >= 15 is 0 Å². The highest BCUT2D eigenvalue weighted by atomic mass is 32.2. The Balaban J connectivity index is 1.43. The topological polar surface area (TPSA) is 58.6 Å². The van der Waals surface area contributed by atoms with Crippen molar-refractivity contribution in [2.24, 2.45) is 11.3 Å². The molecule has 2 saturated heterocycles.